The van der Waals surface area contributed by atoms with Crippen LogP contribution in [-0.2, 0) is 14.3 Å². The van der Waals surface area contributed by atoms with E-state index in [9.17, 15) is 19.8 Å². The van der Waals surface area contributed by atoms with Gasteiger partial charge in [0.1, 0.15) is 0 Å². The van der Waals surface area contributed by atoms with Crippen LogP contribution in [-0.4, -0.2) is 47.4 Å². The maximum atomic E-state index is 12.5. The number of carbonyl (C=O) groups is 2. The zero-order valence-electron chi connectivity index (χ0n) is 49.8. The summed E-state index contributed by atoms with van der Waals surface area (Å²) in [6.45, 7) is 4.92. The minimum absolute atomic E-state index is 0.0116. The Morgan fingerprint density at radius 2 is 0.676 bits per heavy atom. The second kappa shape index (κ2) is 63.6. The number of esters is 1. The van der Waals surface area contributed by atoms with E-state index in [1.165, 1.54) is 276 Å². The van der Waals surface area contributed by atoms with Crippen molar-refractivity contribution in [1.29, 1.82) is 0 Å². The highest BCUT2D eigenvalue weighted by Gasteiger charge is 2.18. The van der Waals surface area contributed by atoms with Gasteiger partial charge in [0.2, 0.25) is 5.91 Å². The Kier molecular flexibility index (Phi) is 62.0. The van der Waals surface area contributed by atoms with Gasteiger partial charge in [-0.1, -0.05) is 320 Å². The quantitative estimate of drug-likeness (QED) is 0.0320. The maximum absolute atomic E-state index is 12.5. The van der Waals surface area contributed by atoms with E-state index in [-0.39, 0.29) is 18.5 Å². The van der Waals surface area contributed by atoms with Gasteiger partial charge in [0, 0.05) is 12.8 Å². The van der Waals surface area contributed by atoms with Crippen LogP contribution in [0.1, 0.15) is 361 Å². The molecule has 436 valence electrons. The van der Waals surface area contributed by atoms with Crippen molar-refractivity contribution in [1.82, 2.24) is 5.32 Å². The van der Waals surface area contributed by atoms with Gasteiger partial charge in [0.15, 0.2) is 0 Å². The summed E-state index contributed by atoms with van der Waals surface area (Å²) < 4.78 is 5.50. The molecular formula is C68H129NO5. The van der Waals surface area contributed by atoms with Crippen molar-refractivity contribution in [2.24, 2.45) is 0 Å². The lowest BCUT2D eigenvalue weighted by atomic mass is 10.0. The summed E-state index contributed by atoms with van der Waals surface area (Å²) in [5, 5.41) is 23.1. The normalized spacial score (nSPS) is 12.8. The van der Waals surface area contributed by atoms with E-state index in [0.29, 0.717) is 19.4 Å². The molecule has 0 saturated carbocycles. The van der Waals surface area contributed by atoms with Crippen LogP contribution < -0.4 is 5.32 Å². The maximum Gasteiger partial charge on any atom is 0.305 e. The topological polar surface area (TPSA) is 95.9 Å². The second-order valence-corrected chi connectivity index (χ2v) is 22.8. The van der Waals surface area contributed by atoms with E-state index in [2.05, 4.69) is 43.5 Å². The van der Waals surface area contributed by atoms with Crippen LogP contribution >= 0.6 is 0 Å². The average Bonchev–Trinajstić information content (AvgIpc) is 3.40. The van der Waals surface area contributed by atoms with E-state index in [1.54, 1.807) is 6.08 Å². The van der Waals surface area contributed by atoms with Gasteiger partial charge >= 0.3 is 5.97 Å². The molecule has 6 heteroatoms. The summed E-state index contributed by atoms with van der Waals surface area (Å²) in [4.78, 5) is 24.6. The molecule has 74 heavy (non-hydrogen) atoms. The molecule has 0 aliphatic carbocycles. The zero-order valence-corrected chi connectivity index (χ0v) is 49.8. The highest BCUT2D eigenvalue weighted by molar-refractivity contribution is 5.76. The molecule has 0 aliphatic heterocycles. The van der Waals surface area contributed by atoms with Gasteiger partial charge in [-0.05, 0) is 64.2 Å². The highest BCUT2D eigenvalue weighted by Crippen LogP contribution is 2.18. The van der Waals surface area contributed by atoms with E-state index in [1.807, 2.05) is 6.08 Å². The van der Waals surface area contributed by atoms with Gasteiger partial charge in [-0.15, -0.1) is 0 Å². The lowest BCUT2D eigenvalue weighted by Gasteiger charge is -2.20. The molecule has 0 saturated heterocycles. The number of nitrogens with one attached hydrogen (secondary N) is 1. The van der Waals surface area contributed by atoms with Crippen molar-refractivity contribution in [3.63, 3.8) is 0 Å². The molecule has 0 fully saturated rings. The molecule has 0 aromatic carbocycles. The first kappa shape index (κ1) is 72.1. The monoisotopic (exact) mass is 1040 g/mol. The number of rotatable bonds is 62. The summed E-state index contributed by atoms with van der Waals surface area (Å²) >= 11 is 0. The molecule has 3 N–H and O–H groups in total. The predicted molar refractivity (Wildman–Crippen MR) is 324 cm³/mol. The number of hydrogen-bond acceptors (Lipinski definition) is 5. The van der Waals surface area contributed by atoms with Crippen LogP contribution in [0, 0.1) is 0 Å². The standard InChI is InChI=1S/C68H129NO5/c1-3-5-7-9-11-13-15-17-19-20-26-30-34-38-42-46-50-54-58-62-68(73)74-63-59-55-51-47-43-39-35-31-28-25-23-21-22-24-27-29-33-37-41-45-49-53-57-61-67(72)69-65(64-70)66(71)60-56-52-48-44-40-36-32-18-16-14-12-10-8-6-4-2/h21,23-24,27,56,60,65-66,70-71H,3-20,22,25-26,28-55,57-59,61-64H2,1-2H3,(H,69,72)/b23-21-,27-24-,60-56+. The lowest BCUT2D eigenvalue weighted by Crippen LogP contribution is -2.45. The number of ether oxygens (including phenoxy) is 1. The van der Waals surface area contributed by atoms with Gasteiger partial charge in [-0.2, -0.15) is 0 Å². The van der Waals surface area contributed by atoms with Crippen LogP contribution in [0.5, 0.6) is 0 Å². The molecule has 2 atom stereocenters. The Balaban J connectivity index is 3.44. The molecule has 0 aromatic rings. The molecule has 0 heterocycles. The van der Waals surface area contributed by atoms with Crippen molar-refractivity contribution in [2.75, 3.05) is 13.2 Å². The van der Waals surface area contributed by atoms with Crippen LogP contribution in [0.3, 0.4) is 0 Å². The Hall–Kier alpha value is -1.92. The average molecular weight is 1040 g/mol. The van der Waals surface area contributed by atoms with Gasteiger partial charge in [-0.3, -0.25) is 9.59 Å². The Bertz CT molecular complexity index is 1200. The molecule has 6 nitrogen and oxygen atoms in total. The molecule has 0 rings (SSSR count). The predicted octanol–water partition coefficient (Wildman–Crippen LogP) is 21.1. The fourth-order valence-corrected chi connectivity index (χ4v) is 10.3. The van der Waals surface area contributed by atoms with Gasteiger partial charge in [-0.25, -0.2) is 0 Å². The van der Waals surface area contributed by atoms with Crippen molar-refractivity contribution in [3.8, 4) is 0 Å². The largest absolute Gasteiger partial charge is 0.466 e. The number of carbonyl (C=O) groups excluding carboxylic acids is 2. The van der Waals surface area contributed by atoms with Crippen LogP contribution in [0.4, 0.5) is 0 Å². The summed E-state index contributed by atoms with van der Waals surface area (Å²) in [7, 11) is 0. The van der Waals surface area contributed by atoms with E-state index >= 15 is 0 Å². The summed E-state index contributed by atoms with van der Waals surface area (Å²) in [6.07, 6.45) is 80.6. The molecule has 0 radical (unpaired) electrons. The Morgan fingerprint density at radius 1 is 0.378 bits per heavy atom. The first-order chi connectivity index (χ1) is 36.5. The third-order valence-corrected chi connectivity index (χ3v) is 15.4. The minimum Gasteiger partial charge on any atom is -0.466 e. The third kappa shape index (κ3) is 59.3. The minimum atomic E-state index is -0.851. The highest BCUT2D eigenvalue weighted by atomic mass is 16.5. The molecule has 2 unspecified atom stereocenters. The number of aliphatic hydroxyl groups excluding tert-OH is 2. The zero-order chi connectivity index (χ0) is 53.6. The first-order valence-corrected chi connectivity index (χ1v) is 33.3. The van der Waals surface area contributed by atoms with Gasteiger partial charge in [0.25, 0.3) is 0 Å². The number of amides is 1. The van der Waals surface area contributed by atoms with Gasteiger partial charge in [0.05, 0.1) is 25.4 Å². The third-order valence-electron chi connectivity index (χ3n) is 15.4. The molecule has 0 aliphatic rings. The van der Waals surface area contributed by atoms with Crippen molar-refractivity contribution >= 4 is 11.9 Å². The van der Waals surface area contributed by atoms with Crippen molar-refractivity contribution in [2.45, 2.75) is 373 Å². The fraction of sp³-hybridized carbons (Fsp3) is 0.882. The summed E-state index contributed by atoms with van der Waals surface area (Å²) in [5.41, 5.74) is 0. The fourth-order valence-electron chi connectivity index (χ4n) is 10.3. The van der Waals surface area contributed by atoms with Crippen LogP contribution in [0.2, 0.25) is 0 Å². The Labute approximate surface area is 462 Å². The second-order valence-electron chi connectivity index (χ2n) is 22.8. The van der Waals surface area contributed by atoms with Gasteiger partial charge < -0.3 is 20.3 Å². The van der Waals surface area contributed by atoms with Crippen molar-refractivity contribution in [3.05, 3.63) is 36.5 Å². The van der Waals surface area contributed by atoms with Crippen LogP contribution in [0.25, 0.3) is 0 Å². The molecule has 0 aromatic heterocycles. The molecule has 0 bridgehead atoms. The summed E-state index contributed by atoms with van der Waals surface area (Å²) in [6, 6.07) is -0.636. The number of allylic oxidation sites excluding steroid dienone is 5. The SMILES string of the molecule is CCCCCCCCCCCCCCC/C=C/C(O)C(CO)NC(=O)CCCCCCCCC/C=C\C/C=C\CCCCCCCCCCCOC(=O)CCCCCCCCCCCCCCCCCCCCC. The smallest absolute Gasteiger partial charge is 0.305 e. The number of aliphatic hydroxyl groups is 2. The van der Waals surface area contributed by atoms with E-state index in [0.717, 1.165) is 57.8 Å². The Morgan fingerprint density at radius 3 is 1.03 bits per heavy atom. The molecular weight excluding hydrogens is 911 g/mol. The van der Waals surface area contributed by atoms with E-state index < -0.39 is 12.1 Å². The number of unbranched alkanes of at least 4 members (excludes halogenated alkanes) is 47. The molecule has 0 spiro atoms. The lowest BCUT2D eigenvalue weighted by molar-refractivity contribution is -0.143. The van der Waals surface area contributed by atoms with Crippen molar-refractivity contribution < 1.29 is 24.5 Å². The van der Waals surface area contributed by atoms with Crippen LogP contribution in [0.15, 0.2) is 36.5 Å². The first-order valence-electron chi connectivity index (χ1n) is 33.3. The molecule has 1 amide bonds. The summed E-state index contributed by atoms with van der Waals surface area (Å²) in [5.74, 6) is -0.0655. The van der Waals surface area contributed by atoms with E-state index in [4.69, 9.17) is 4.74 Å². The number of hydrogen-bond donors (Lipinski definition) is 3.